The van der Waals surface area contributed by atoms with Crippen molar-refractivity contribution in [3.63, 3.8) is 0 Å². The summed E-state index contributed by atoms with van der Waals surface area (Å²) in [5.74, 6) is -0.148. The number of ether oxygens (including phenoxy) is 1. The summed E-state index contributed by atoms with van der Waals surface area (Å²) in [5.41, 5.74) is 1.53. The zero-order valence-corrected chi connectivity index (χ0v) is 14.8. The van der Waals surface area contributed by atoms with Crippen LogP contribution in [0.15, 0.2) is 24.3 Å². The van der Waals surface area contributed by atoms with E-state index < -0.39 is 0 Å². The number of hydrogen-bond donors (Lipinski definition) is 1. The first-order valence-electron chi connectivity index (χ1n) is 8.45. The number of unbranched alkanes of at least 4 members (excludes halogenated alkanes) is 3. The van der Waals surface area contributed by atoms with Crippen LogP contribution in [0.4, 0.5) is 5.69 Å². The predicted octanol–water partition coefficient (Wildman–Crippen LogP) is 4.18. The van der Waals surface area contributed by atoms with E-state index in [-0.39, 0.29) is 23.8 Å². The molecule has 1 rings (SSSR count). The second-order valence-electron chi connectivity index (χ2n) is 6.05. The number of Topliss-reactive ketones (excluding diaryl/α,β-unsaturated/α-hetero) is 1. The molecule has 1 amide bonds. The van der Waals surface area contributed by atoms with Crippen molar-refractivity contribution in [3.8, 4) is 0 Å². The largest absolute Gasteiger partial charge is 0.458 e. The number of carbonyl (C=O) groups excluding carboxylic acids is 3. The van der Waals surface area contributed by atoms with Gasteiger partial charge in [0.15, 0.2) is 0 Å². The molecule has 24 heavy (non-hydrogen) atoms. The Morgan fingerprint density at radius 2 is 1.71 bits per heavy atom. The minimum absolute atomic E-state index is 0.137. The van der Waals surface area contributed by atoms with Crippen molar-refractivity contribution in [2.45, 2.75) is 65.4 Å². The number of rotatable bonds is 10. The summed E-state index contributed by atoms with van der Waals surface area (Å²) in [6.45, 7) is 4.86. The lowest BCUT2D eigenvalue weighted by atomic mass is 10.1. The van der Waals surface area contributed by atoms with E-state index in [0.717, 1.165) is 31.2 Å². The van der Waals surface area contributed by atoms with Gasteiger partial charge < -0.3 is 14.8 Å². The molecule has 0 bridgehead atoms. The fraction of sp³-hybridized carbons (Fsp3) is 0.526. The number of anilines is 1. The van der Waals surface area contributed by atoms with Gasteiger partial charge in [-0.15, -0.1) is 0 Å². The monoisotopic (exact) mass is 333 g/mol. The topological polar surface area (TPSA) is 72.5 Å². The molecule has 0 saturated carbocycles. The van der Waals surface area contributed by atoms with E-state index in [9.17, 15) is 14.4 Å². The quantitative estimate of drug-likeness (QED) is 0.515. The van der Waals surface area contributed by atoms with Crippen LogP contribution in [0, 0.1) is 0 Å². The summed E-state index contributed by atoms with van der Waals surface area (Å²) >= 11 is 0. The van der Waals surface area contributed by atoms with Gasteiger partial charge in [-0.2, -0.15) is 0 Å². The molecule has 0 aliphatic heterocycles. The minimum atomic E-state index is -0.357. The third kappa shape index (κ3) is 8.46. The molecule has 1 unspecified atom stereocenters. The second kappa shape index (κ2) is 10.6. The summed E-state index contributed by atoms with van der Waals surface area (Å²) in [6, 6.07) is 7.28. The van der Waals surface area contributed by atoms with Gasteiger partial charge in [0.2, 0.25) is 5.91 Å². The molecule has 0 spiro atoms. The zero-order valence-electron chi connectivity index (χ0n) is 14.8. The van der Waals surface area contributed by atoms with Crippen LogP contribution < -0.4 is 5.32 Å². The molecule has 1 aromatic rings. The van der Waals surface area contributed by atoms with Crippen molar-refractivity contribution in [2.75, 3.05) is 5.32 Å². The van der Waals surface area contributed by atoms with Gasteiger partial charge in [-0.05, 0) is 44.4 Å². The van der Waals surface area contributed by atoms with Gasteiger partial charge in [-0.3, -0.25) is 9.59 Å². The molecular formula is C19H27NO4. The Labute approximate surface area is 143 Å². The zero-order chi connectivity index (χ0) is 17.9. The Morgan fingerprint density at radius 3 is 2.33 bits per heavy atom. The summed E-state index contributed by atoms with van der Waals surface area (Å²) in [4.78, 5) is 33.8. The molecule has 0 saturated heterocycles. The molecule has 0 fully saturated rings. The normalized spacial score (nSPS) is 11.6. The molecule has 0 aromatic heterocycles. The van der Waals surface area contributed by atoms with E-state index >= 15 is 0 Å². The predicted molar refractivity (Wildman–Crippen MR) is 93.6 cm³/mol. The number of nitrogens with one attached hydrogen (secondary N) is 1. The Balaban J connectivity index is 2.33. The molecule has 1 aromatic carbocycles. The van der Waals surface area contributed by atoms with Gasteiger partial charge in [0.05, 0.1) is 0 Å². The fourth-order valence-corrected chi connectivity index (χ4v) is 2.39. The molecule has 5 nitrogen and oxygen atoms in total. The van der Waals surface area contributed by atoms with Gasteiger partial charge in [-0.1, -0.05) is 25.0 Å². The number of hydrogen-bond acceptors (Lipinski definition) is 4. The number of ketones is 1. The van der Waals surface area contributed by atoms with Crippen molar-refractivity contribution in [1.82, 2.24) is 0 Å². The third-order valence-electron chi connectivity index (χ3n) is 3.64. The van der Waals surface area contributed by atoms with Crippen LogP contribution >= 0.6 is 0 Å². The molecule has 0 heterocycles. The van der Waals surface area contributed by atoms with Crippen molar-refractivity contribution >= 4 is 23.3 Å². The molecule has 0 aliphatic rings. The maximum atomic E-state index is 11.9. The van der Waals surface area contributed by atoms with Crippen molar-refractivity contribution in [1.29, 1.82) is 0 Å². The van der Waals surface area contributed by atoms with Gasteiger partial charge in [-0.25, -0.2) is 0 Å². The lowest BCUT2D eigenvalue weighted by Crippen LogP contribution is -2.10. The maximum Gasteiger partial charge on any atom is 0.306 e. The second-order valence-corrected chi connectivity index (χ2v) is 6.05. The lowest BCUT2D eigenvalue weighted by molar-refractivity contribution is -0.148. The average molecular weight is 333 g/mol. The summed E-state index contributed by atoms with van der Waals surface area (Å²) in [5, 5.41) is 2.71. The van der Waals surface area contributed by atoms with Crippen LogP contribution in [0.3, 0.4) is 0 Å². The third-order valence-corrected chi connectivity index (χ3v) is 3.64. The highest BCUT2D eigenvalue weighted by molar-refractivity contribution is 5.88. The first kappa shape index (κ1) is 19.9. The van der Waals surface area contributed by atoms with E-state index in [1.165, 1.54) is 6.92 Å². The number of benzene rings is 1. The molecule has 1 N–H and O–H groups in total. The summed E-state index contributed by atoms with van der Waals surface area (Å²) < 4.78 is 5.44. The summed E-state index contributed by atoms with van der Waals surface area (Å²) in [6.07, 6.45) is 4.19. The van der Waals surface area contributed by atoms with E-state index in [4.69, 9.17) is 4.74 Å². The number of amides is 1. The highest BCUT2D eigenvalue weighted by Crippen LogP contribution is 2.21. The van der Waals surface area contributed by atoms with Crippen LogP contribution in [-0.2, 0) is 19.1 Å². The number of carbonyl (C=O) groups is 3. The Kier molecular flexibility index (Phi) is 8.76. The highest BCUT2D eigenvalue weighted by Gasteiger charge is 2.12. The van der Waals surface area contributed by atoms with E-state index in [0.29, 0.717) is 18.5 Å². The van der Waals surface area contributed by atoms with Gasteiger partial charge >= 0.3 is 5.97 Å². The van der Waals surface area contributed by atoms with Crippen LogP contribution in [0.5, 0.6) is 0 Å². The first-order chi connectivity index (χ1) is 11.4. The van der Waals surface area contributed by atoms with Crippen molar-refractivity contribution in [3.05, 3.63) is 29.8 Å². The Morgan fingerprint density at radius 1 is 1.04 bits per heavy atom. The molecular weight excluding hydrogens is 306 g/mol. The van der Waals surface area contributed by atoms with Crippen molar-refractivity contribution in [2.24, 2.45) is 0 Å². The van der Waals surface area contributed by atoms with Crippen LogP contribution in [0.1, 0.15) is 71.0 Å². The molecule has 0 aliphatic carbocycles. The molecule has 132 valence electrons. The SMILES string of the molecule is CC(=O)CCCCCCC(=O)OC(C)c1cccc(NC(C)=O)c1. The van der Waals surface area contributed by atoms with Crippen molar-refractivity contribution < 1.29 is 19.1 Å². The fourth-order valence-electron chi connectivity index (χ4n) is 2.39. The highest BCUT2D eigenvalue weighted by atomic mass is 16.5. The van der Waals surface area contributed by atoms with E-state index in [1.54, 1.807) is 19.1 Å². The summed E-state index contributed by atoms with van der Waals surface area (Å²) in [7, 11) is 0. The Bertz CT molecular complexity index is 568. The molecule has 5 heteroatoms. The molecule has 0 radical (unpaired) electrons. The maximum absolute atomic E-state index is 11.9. The number of esters is 1. The van der Waals surface area contributed by atoms with Crippen LogP contribution in [0.2, 0.25) is 0 Å². The van der Waals surface area contributed by atoms with Crippen LogP contribution in [0.25, 0.3) is 0 Å². The van der Waals surface area contributed by atoms with Gasteiger partial charge in [0, 0.05) is 25.5 Å². The average Bonchev–Trinajstić information content (AvgIpc) is 2.50. The first-order valence-corrected chi connectivity index (χ1v) is 8.45. The van der Waals surface area contributed by atoms with Gasteiger partial charge in [0.25, 0.3) is 0 Å². The molecule has 1 atom stereocenters. The minimum Gasteiger partial charge on any atom is -0.458 e. The standard InChI is InChI=1S/C19H27NO4/c1-14(21)9-6-4-5-7-12-19(23)24-15(2)17-10-8-11-18(13-17)20-16(3)22/h8,10-11,13,15H,4-7,9,12H2,1-3H3,(H,20,22). The smallest absolute Gasteiger partial charge is 0.306 e. The van der Waals surface area contributed by atoms with Crippen LogP contribution in [-0.4, -0.2) is 17.7 Å². The van der Waals surface area contributed by atoms with E-state index in [2.05, 4.69) is 5.32 Å². The lowest BCUT2D eigenvalue weighted by Gasteiger charge is -2.15. The Hall–Kier alpha value is -2.17. The van der Waals surface area contributed by atoms with E-state index in [1.807, 2.05) is 19.1 Å². The van der Waals surface area contributed by atoms with Gasteiger partial charge in [0.1, 0.15) is 11.9 Å².